The second-order valence-electron chi connectivity index (χ2n) is 7.66. The van der Waals surface area contributed by atoms with Gasteiger partial charge in [0, 0.05) is 35.8 Å². The van der Waals surface area contributed by atoms with Crippen molar-refractivity contribution in [3.63, 3.8) is 0 Å². The highest BCUT2D eigenvalue weighted by Gasteiger charge is 2.29. The zero-order valence-corrected chi connectivity index (χ0v) is 18.2. The van der Waals surface area contributed by atoms with Crippen LogP contribution in [0.4, 0.5) is 0 Å². The summed E-state index contributed by atoms with van der Waals surface area (Å²) in [6, 6.07) is 18.6. The van der Waals surface area contributed by atoms with E-state index in [4.69, 9.17) is 8.92 Å². The van der Waals surface area contributed by atoms with Crippen LogP contribution in [0.5, 0.6) is 11.5 Å². The predicted octanol–water partition coefficient (Wildman–Crippen LogP) is 4.87. The minimum absolute atomic E-state index is 0.0529. The van der Waals surface area contributed by atoms with Crippen LogP contribution in [-0.4, -0.2) is 18.8 Å². The van der Waals surface area contributed by atoms with Gasteiger partial charge in [-0.15, -0.1) is 0 Å². The fraction of sp³-hybridized carbons (Fsp3) is 0.0800. The molecule has 6 nitrogen and oxygen atoms in total. The average molecular weight is 445 g/mol. The lowest BCUT2D eigenvalue weighted by molar-refractivity contribution is 0.101. The maximum absolute atomic E-state index is 12.8. The Morgan fingerprint density at radius 2 is 1.75 bits per heavy atom. The molecule has 32 heavy (non-hydrogen) atoms. The zero-order valence-electron chi connectivity index (χ0n) is 17.4. The number of Topliss-reactive ketones (excluding diaryl/α,β-unsaturated/α-hetero) is 1. The molecule has 5 rings (SSSR count). The fourth-order valence-corrected chi connectivity index (χ4v) is 4.65. The van der Waals surface area contributed by atoms with Crippen molar-refractivity contribution in [3.8, 4) is 11.5 Å². The second-order valence-corrected chi connectivity index (χ2v) is 9.21. The van der Waals surface area contributed by atoms with E-state index in [0.29, 0.717) is 5.56 Å². The molecule has 0 bridgehead atoms. The van der Waals surface area contributed by atoms with Crippen molar-refractivity contribution in [1.29, 1.82) is 0 Å². The van der Waals surface area contributed by atoms with Gasteiger partial charge in [0.2, 0.25) is 5.78 Å². The molecule has 0 radical (unpaired) electrons. The Labute approximate surface area is 185 Å². The van der Waals surface area contributed by atoms with Crippen molar-refractivity contribution in [1.82, 2.24) is 4.57 Å². The number of carbonyl (C=O) groups is 1. The molecule has 0 atom stereocenters. The molecule has 1 aromatic heterocycles. The third-order valence-electron chi connectivity index (χ3n) is 5.37. The van der Waals surface area contributed by atoms with Crippen LogP contribution in [0.25, 0.3) is 17.0 Å². The van der Waals surface area contributed by atoms with Gasteiger partial charge in [-0.2, -0.15) is 8.42 Å². The lowest BCUT2D eigenvalue weighted by Gasteiger charge is -2.08. The summed E-state index contributed by atoms with van der Waals surface area (Å²) in [5, 5.41) is 1.00. The first-order chi connectivity index (χ1) is 15.3. The van der Waals surface area contributed by atoms with Crippen molar-refractivity contribution >= 4 is 32.9 Å². The van der Waals surface area contributed by atoms with Gasteiger partial charge in [-0.05, 0) is 43.3 Å². The number of hydrogen-bond acceptors (Lipinski definition) is 5. The van der Waals surface area contributed by atoms with E-state index in [2.05, 4.69) is 0 Å². The Hall–Kier alpha value is -3.84. The molecule has 0 N–H and O–H groups in total. The maximum Gasteiger partial charge on any atom is 0.339 e. The fourth-order valence-electron chi connectivity index (χ4n) is 3.73. The quantitative estimate of drug-likeness (QED) is 0.331. The van der Waals surface area contributed by atoms with Gasteiger partial charge in [0.1, 0.15) is 16.4 Å². The topological polar surface area (TPSA) is 74.6 Å². The van der Waals surface area contributed by atoms with Gasteiger partial charge < -0.3 is 13.5 Å². The molecule has 1 aliphatic rings. The van der Waals surface area contributed by atoms with Crippen LogP contribution in [0.15, 0.2) is 83.6 Å². The monoisotopic (exact) mass is 445 g/mol. The number of benzene rings is 3. The first kappa shape index (κ1) is 20.1. The molecule has 160 valence electrons. The predicted molar refractivity (Wildman–Crippen MR) is 121 cm³/mol. The molecule has 0 spiro atoms. The number of carbonyl (C=O) groups excluding carboxylic acids is 1. The second kappa shape index (κ2) is 7.39. The van der Waals surface area contributed by atoms with Gasteiger partial charge in [-0.1, -0.05) is 35.9 Å². The standard InChI is InChI=1S/C25H19NO5S/c1-16-7-10-19(11-8-16)32(28,29)31-18-9-12-21-23(14-18)30-24(25(21)27)13-17-15-26(2)22-6-4-3-5-20(17)22/h3-15H,1-2H3/b24-13+. The van der Waals surface area contributed by atoms with Gasteiger partial charge in [-0.25, -0.2) is 0 Å². The number of aromatic nitrogens is 1. The molecule has 0 saturated heterocycles. The van der Waals surface area contributed by atoms with Crippen LogP contribution in [0, 0.1) is 6.92 Å². The number of aryl methyl sites for hydroxylation is 2. The van der Waals surface area contributed by atoms with Gasteiger partial charge >= 0.3 is 10.1 Å². The molecule has 3 aromatic carbocycles. The summed E-state index contributed by atoms with van der Waals surface area (Å²) in [6.45, 7) is 1.87. The van der Waals surface area contributed by atoms with Crippen molar-refractivity contribution in [3.05, 3.63) is 95.4 Å². The van der Waals surface area contributed by atoms with E-state index in [1.54, 1.807) is 18.2 Å². The largest absolute Gasteiger partial charge is 0.452 e. The summed E-state index contributed by atoms with van der Waals surface area (Å²) in [7, 11) is -2.06. The molecule has 0 saturated carbocycles. The molecule has 7 heteroatoms. The highest BCUT2D eigenvalue weighted by atomic mass is 32.2. The van der Waals surface area contributed by atoms with E-state index in [0.717, 1.165) is 22.0 Å². The number of nitrogens with zero attached hydrogens (tertiary/aromatic N) is 1. The van der Waals surface area contributed by atoms with E-state index in [1.807, 2.05) is 49.0 Å². The normalized spacial score (nSPS) is 14.6. The Kier molecular flexibility index (Phi) is 4.64. The first-order valence-electron chi connectivity index (χ1n) is 9.95. The summed E-state index contributed by atoms with van der Waals surface area (Å²) < 4.78 is 38.2. The number of ether oxygens (including phenoxy) is 1. The summed E-state index contributed by atoms with van der Waals surface area (Å²) in [5.74, 6) is 0.248. The Bertz CT molecular complexity index is 1510. The minimum Gasteiger partial charge on any atom is -0.452 e. The molecule has 0 amide bonds. The molecular formula is C25H19NO5S. The molecule has 0 fully saturated rings. The average Bonchev–Trinajstić information content (AvgIpc) is 3.25. The summed E-state index contributed by atoms with van der Waals surface area (Å²) in [4.78, 5) is 12.9. The van der Waals surface area contributed by atoms with E-state index in [1.165, 1.54) is 30.3 Å². The number of ketones is 1. The Balaban J connectivity index is 1.44. The van der Waals surface area contributed by atoms with E-state index in [-0.39, 0.29) is 27.9 Å². The zero-order chi connectivity index (χ0) is 22.5. The minimum atomic E-state index is -4.00. The molecule has 1 aliphatic heterocycles. The smallest absolute Gasteiger partial charge is 0.339 e. The Morgan fingerprint density at radius 3 is 2.53 bits per heavy atom. The van der Waals surface area contributed by atoms with Crippen LogP contribution in [0.2, 0.25) is 0 Å². The number of fused-ring (bicyclic) bond motifs is 2. The summed E-state index contributed by atoms with van der Waals surface area (Å²) >= 11 is 0. The highest BCUT2D eigenvalue weighted by molar-refractivity contribution is 7.87. The van der Waals surface area contributed by atoms with Crippen LogP contribution < -0.4 is 8.92 Å². The van der Waals surface area contributed by atoms with E-state index >= 15 is 0 Å². The lowest BCUT2D eigenvalue weighted by atomic mass is 10.1. The number of allylic oxidation sites excluding steroid dienone is 1. The third kappa shape index (κ3) is 3.46. The van der Waals surface area contributed by atoms with Crippen LogP contribution >= 0.6 is 0 Å². The van der Waals surface area contributed by atoms with Crippen LogP contribution in [0.3, 0.4) is 0 Å². The van der Waals surface area contributed by atoms with Crippen molar-refractivity contribution in [2.75, 3.05) is 0 Å². The summed E-state index contributed by atoms with van der Waals surface area (Å²) in [6.07, 6.45) is 3.63. The first-order valence-corrected chi connectivity index (χ1v) is 11.4. The molecule has 4 aromatic rings. The SMILES string of the molecule is Cc1ccc(S(=O)(=O)Oc2ccc3c(c2)O/C(=C/c2cn(C)c4ccccc24)C3=O)cc1. The van der Waals surface area contributed by atoms with Gasteiger partial charge in [-0.3, -0.25) is 4.79 Å². The number of rotatable bonds is 4. The maximum atomic E-state index is 12.8. The third-order valence-corrected chi connectivity index (χ3v) is 6.63. The van der Waals surface area contributed by atoms with Crippen molar-refractivity contribution < 1.29 is 22.1 Å². The van der Waals surface area contributed by atoms with Gasteiger partial charge in [0.25, 0.3) is 0 Å². The van der Waals surface area contributed by atoms with Crippen LogP contribution in [-0.2, 0) is 17.2 Å². The van der Waals surface area contributed by atoms with Crippen molar-refractivity contribution in [2.45, 2.75) is 11.8 Å². The van der Waals surface area contributed by atoms with Crippen LogP contribution in [0.1, 0.15) is 21.5 Å². The lowest BCUT2D eigenvalue weighted by Crippen LogP contribution is -2.09. The Morgan fingerprint density at radius 1 is 1.00 bits per heavy atom. The molecular weight excluding hydrogens is 426 g/mol. The van der Waals surface area contributed by atoms with E-state index in [9.17, 15) is 13.2 Å². The number of para-hydroxylation sites is 1. The molecule has 0 aliphatic carbocycles. The highest BCUT2D eigenvalue weighted by Crippen LogP contribution is 2.36. The molecule has 0 unspecified atom stereocenters. The van der Waals surface area contributed by atoms with E-state index < -0.39 is 10.1 Å². The number of hydrogen-bond donors (Lipinski definition) is 0. The van der Waals surface area contributed by atoms with Gasteiger partial charge in [0.15, 0.2) is 5.76 Å². The summed E-state index contributed by atoms with van der Waals surface area (Å²) in [5.41, 5.74) is 3.20. The molecule has 2 heterocycles. The van der Waals surface area contributed by atoms with Crippen molar-refractivity contribution in [2.24, 2.45) is 7.05 Å². The van der Waals surface area contributed by atoms with Gasteiger partial charge in [0.05, 0.1) is 5.56 Å².